The molecule has 6 heterocycles. The van der Waals surface area contributed by atoms with Crippen molar-refractivity contribution in [3.05, 3.63) is 134 Å². The maximum Gasteiger partial charge on any atom is 0.411 e. The maximum absolute atomic E-state index is 11.9. The van der Waals surface area contributed by atoms with Crippen LogP contribution >= 0.6 is 0 Å². The fourth-order valence-electron chi connectivity index (χ4n) is 8.51. The van der Waals surface area contributed by atoms with Gasteiger partial charge in [-0.05, 0) is 66.7 Å². The summed E-state index contributed by atoms with van der Waals surface area (Å²) < 4.78 is 31.4. The number of ether oxygens (including phenoxy) is 6. The number of piperazine rings is 3. The summed E-state index contributed by atoms with van der Waals surface area (Å²) in [7, 11) is 4.69. The van der Waals surface area contributed by atoms with E-state index in [1.54, 1.807) is 76.3 Å². The summed E-state index contributed by atoms with van der Waals surface area (Å²) in [6, 6.07) is 33.3. The van der Waals surface area contributed by atoms with Gasteiger partial charge in [-0.2, -0.15) is 5.10 Å². The van der Waals surface area contributed by atoms with E-state index in [1.165, 1.54) is 0 Å². The molecular weight excluding hydrogens is 1000 g/mol. The van der Waals surface area contributed by atoms with Crippen molar-refractivity contribution >= 4 is 52.9 Å². The molecule has 0 unspecified atom stereocenters. The normalized spacial score (nSPS) is 14.7. The van der Waals surface area contributed by atoms with Crippen LogP contribution in [0, 0.1) is 0 Å². The Morgan fingerprint density at radius 1 is 0.410 bits per heavy atom. The van der Waals surface area contributed by atoms with Crippen molar-refractivity contribution in [3.63, 3.8) is 0 Å². The zero-order valence-electron chi connectivity index (χ0n) is 44.5. The van der Waals surface area contributed by atoms with Crippen molar-refractivity contribution < 1.29 is 42.8 Å². The van der Waals surface area contributed by atoms with Crippen LogP contribution in [0.15, 0.2) is 134 Å². The van der Waals surface area contributed by atoms with Crippen LogP contribution in [0.5, 0.6) is 17.2 Å². The molecule has 3 saturated heterocycles. The lowest BCUT2D eigenvalue weighted by Gasteiger charge is -2.35. The number of benzene rings is 3. The molecule has 3 fully saturated rings. The topological polar surface area (TPSA) is 227 Å². The molecule has 23 nitrogen and oxygen atoms in total. The number of pyridine rings is 1. The highest BCUT2D eigenvalue weighted by atomic mass is 16.6. The van der Waals surface area contributed by atoms with Crippen LogP contribution in [0.2, 0.25) is 0 Å². The van der Waals surface area contributed by atoms with Gasteiger partial charge in [-0.3, -0.25) is 30.7 Å². The molecule has 9 rings (SSSR count). The van der Waals surface area contributed by atoms with Crippen molar-refractivity contribution in [2.75, 3.05) is 170 Å². The minimum absolute atomic E-state index is 0.336. The number of rotatable bonds is 18. The molecule has 23 heteroatoms. The first-order chi connectivity index (χ1) is 38.3. The van der Waals surface area contributed by atoms with Gasteiger partial charge in [-0.25, -0.2) is 29.3 Å². The Labute approximate surface area is 455 Å². The Hall–Kier alpha value is -8.54. The second-order valence-electron chi connectivity index (χ2n) is 17.7. The number of methoxy groups -OCH3 is 3. The first kappa shape index (κ1) is 57.2. The van der Waals surface area contributed by atoms with Crippen molar-refractivity contribution in [1.29, 1.82) is 0 Å². The predicted octanol–water partition coefficient (Wildman–Crippen LogP) is 6.17. The van der Waals surface area contributed by atoms with Gasteiger partial charge in [-0.1, -0.05) is 42.5 Å². The molecule has 3 aliphatic heterocycles. The third-order valence-electron chi connectivity index (χ3n) is 12.8. The van der Waals surface area contributed by atoms with Crippen LogP contribution in [0.3, 0.4) is 0 Å². The lowest BCUT2D eigenvalue weighted by molar-refractivity contribution is 0.136. The highest BCUT2D eigenvalue weighted by Crippen LogP contribution is 2.25. The number of hydrogen-bond acceptors (Lipinski definition) is 20. The van der Waals surface area contributed by atoms with Crippen LogP contribution in [0.25, 0.3) is 0 Å². The van der Waals surface area contributed by atoms with E-state index in [9.17, 15) is 14.4 Å². The van der Waals surface area contributed by atoms with Crippen LogP contribution in [0.4, 0.5) is 49.0 Å². The first-order valence-corrected chi connectivity index (χ1v) is 25.9. The fourth-order valence-corrected chi connectivity index (χ4v) is 8.51. The van der Waals surface area contributed by atoms with Crippen LogP contribution in [-0.2, 0) is 14.2 Å². The molecule has 3 aliphatic rings. The number of carbonyl (C=O) groups is 3. The lowest BCUT2D eigenvalue weighted by atomic mass is 10.3. The predicted molar refractivity (Wildman–Crippen MR) is 298 cm³/mol. The molecule has 0 aliphatic carbocycles. The highest BCUT2D eigenvalue weighted by molar-refractivity contribution is 5.88. The van der Waals surface area contributed by atoms with E-state index in [-0.39, 0.29) is 0 Å². The fraction of sp³-hybridized carbons (Fsp3) is 0.382. The Kier molecular flexibility index (Phi) is 23.1. The molecule has 3 aromatic carbocycles. The van der Waals surface area contributed by atoms with E-state index in [2.05, 4.69) is 70.5 Å². The molecule has 3 N–H and O–H groups in total. The summed E-state index contributed by atoms with van der Waals surface area (Å²) in [5, 5.41) is 16.2. The van der Waals surface area contributed by atoms with Crippen molar-refractivity contribution in [2.24, 2.45) is 0 Å². The Balaban J connectivity index is 0.000000170. The van der Waals surface area contributed by atoms with Crippen molar-refractivity contribution in [1.82, 2.24) is 39.8 Å². The number of hydrogen-bond donors (Lipinski definition) is 3. The van der Waals surface area contributed by atoms with Crippen LogP contribution < -0.4 is 44.9 Å². The van der Waals surface area contributed by atoms with Gasteiger partial charge in [0.25, 0.3) is 0 Å². The largest absolute Gasteiger partial charge is 0.495 e. The molecule has 0 saturated carbocycles. The molecule has 0 bridgehead atoms. The summed E-state index contributed by atoms with van der Waals surface area (Å²) in [4.78, 5) is 62.2. The average molecular weight is 1070 g/mol. The van der Waals surface area contributed by atoms with E-state index in [4.69, 9.17) is 28.4 Å². The third kappa shape index (κ3) is 18.6. The van der Waals surface area contributed by atoms with Gasteiger partial charge in [0.2, 0.25) is 5.95 Å². The Morgan fingerprint density at radius 2 is 0.782 bits per heavy atom. The maximum atomic E-state index is 11.9. The van der Waals surface area contributed by atoms with E-state index in [0.717, 1.165) is 103 Å². The SMILES string of the molecule is COc1ccccc1NC(=O)OCCN1CCN(c2ccccn2)CC1.COc1ccccc1NC(=O)OCCN1CCN(c2cccnn2)CC1.COc1ccccc1NC(=O)OCCN1CCN(c2ncccn2)CC1. The van der Waals surface area contributed by atoms with Crippen LogP contribution in [0.1, 0.15) is 0 Å². The van der Waals surface area contributed by atoms with Gasteiger partial charge in [0.1, 0.15) is 42.9 Å². The smallest absolute Gasteiger partial charge is 0.411 e. The van der Waals surface area contributed by atoms with Crippen LogP contribution in [-0.4, -0.2) is 197 Å². The van der Waals surface area contributed by atoms with Gasteiger partial charge in [0.05, 0.1) is 38.4 Å². The number of nitrogens with zero attached hydrogens (tertiary/aromatic N) is 11. The molecular formula is C55H70N14O9. The van der Waals surface area contributed by atoms with Gasteiger partial charge in [-0.15, -0.1) is 5.10 Å². The minimum atomic E-state index is -0.481. The molecule has 3 aromatic heterocycles. The van der Waals surface area contributed by atoms with Gasteiger partial charge < -0.3 is 43.1 Å². The lowest BCUT2D eigenvalue weighted by Crippen LogP contribution is -2.48. The number of amides is 3. The molecule has 0 atom stereocenters. The number of para-hydroxylation sites is 6. The second-order valence-corrected chi connectivity index (χ2v) is 17.7. The number of anilines is 6. The van der Waals surface area contributed by atoms with Crippen molar-refractivity contribution in [2.45, 2.75) is 0 Å². The minimum Gasteiger partial charge on any atom is -0.495 e. The number of carbonyl (C=O) groups excluding carboxylic acids is 3. The monoisotopic (exact) mass is 1070 g/mol. The van der Waals surface area contributed by atoms with E-state index in [0.29, 0.717) is 67.2 Å². The average Bonchev–Trinajstić information content (AvgIpc) is 3.50. The standard InChI is InChI=1S/C19H24N4O3.2C18H23N5O3/c1-25-17-7-3-2-6-16(17)21-19(24)26-15-14-22-10-12-23(13-11-22)18-8-4-5-9-20-18;1-25-16-6-3-2-5-15(16)21-18(24)26-14-13-22-9-11-23(12-10-22)17-19-7-4-8-20-17;1-25-16-6-3-2-5-15(16)20-18(24)26-14-13-22-9-11-23(12-10-22)17-7-4-8-19-21-17/h2-9H,10-15H2,1H3,(H,21,24);2-8H,9-14H2,1H3,(H,21,24);2-8H,9-14H2,1H3,(H,20,24). The first-order valence-electron chi connectivity index (χ1n) is 25.9. The summed E-state index contributed by atoms with van der Waals surface area (Å²) in [6.07, 6.45) is 5.56. The zero-order valence-corrected chi connectivity index (χ0v) is 44.5. The van der Waals surface area contributed by atoms with Gasteiger partial charge in [0.15, 0.2) is 5.82 Å². The van der Waals surface area contributed by atoms with E-state index < -0.39 is 18.3 Å². The number of aromatic nitrogens is 5. The summed E-state index contributed by atoms with van der Waals surface area (Å²) in [5.41, 5.74) is 1.79. The summed E-state index contributed by atoms with van der Waals surface area (Å²) >= 11 is 0. The molecule has 0 spiro atoms. The number of nitrogens with one attached hydrogen (secondary N) is 3. The summed E-state index contributed by atoms with van der Waals surface area (Å²) in [5.74, 6) is 4.49. The van der Waals surface area contributed by atoms with Crippen molar-refractivity contribution in [3.8, 4) is 17.2 Å². The Morgan fingerprint density at radius 3 is 1.17 bits per heavy atom. The van der Waals surface area contributed by atoms with E-state index >= 15 is 0 Å². The Bertz CT molecular complexity index is 2410. The molecule has 414 valence electrons. The molecule has 0 radical (unpaired) electrons. The van der Waals surface area contributed by atoms with E-state index in [1.807, 2.05) is 79.0 Å². The molecule has 3 amide bonds. The molecule has 78 heavy (non-hydrogen) atoms. The second kappa shape index (κ2) is 31.5. The summed E-state index contributed by atoms with van der Waals surface area (Å²) in [6.45, 7) is 13.9. The quantitative estimate of drug-likeness (QED) is 0.0818. The zero-order chi connectivity index (χ0) is 54.6. The van der Waals surface area contributed by atoms with Gasteiger partial charge >= 0.3 is 18.3 Å². The highest BCUT2D eigenvalue weighted by Gasteiger charge is 2.22. The molecule has 6 aromatic rings. The van der Waals surface area contributed by atoms with Gasteiger partial charge in [0, 0.05) is 123 Å². The third-order valence-corrected chi connectivity index (χ3v) is 12.8.